The molecule has 0 bridgehead atoms. The number of aromatic nitrogens is 1. The molecule has 4 nitrogen and oxygen atoms in total. The first-order chi connectivity index (χ1) is 7.34. The Hall–Kier alpha value is -0.870. The Morgan fingerprint density at radius 3 is 3.20 bits per heavy atom. The molecule has 1 unspecified atom stereocenters. The van der Waals surface area contributed by atoms with Gasteiger partial charge in [0.05, 0.1) is 19.3 Å². The molecule has 4 heteroatoms. The van der Waals surface area contributed by atoms with Gasteiger partial charge in [-0.2, -0.15) is 0 Å². The molecule has 1 atom stereocenters. The SMILES string of the molecule is Cc1cnc(CNCC2CCCOC2)o1. The molecule has 1 aliphatic heterocycles. The third-order valence-electron chi connectivity index (χ3n) is 2.63. The summed E-state index contributed by atoms with van der Waals surface area (Å²) in [6.45, 7) is 5.42. The highest BCUT2D eigenvalue weighted by molar-refractivity contribution is 4.90. The monoisotopic (exact) mass is 210 g/mol. The highest BCUT2D eigenvalue weighted by Crippen LogP contribution is 2.12. The maximum absolute atomic E-state index is 5.41. The van der Waals surface area contributed by atoms with Crippen LogP contribution in [-0.2, 0) is 11.3 Å². The smallest absolute Gasteiger partial charge is 0.208 e. The van der Waals surface area contributed by atoms with Crippen LogP contribution < -0.4 is 5.32 Å². The van der Waals surface area contributed by atoms with Crippen LogP contribution in [0.3, 0.4) is 0 Å². The summed E-state index contributed by atoms with van der Waals surface area (Å²) in [5.41, 5.74) is 0. The van der Waals surface area contributed by atoms with E-state index in [-0.39, 0.29) is 0 Å². The van der Waals surface area contributed by atoms with Gasteiger partial charge in [0.2, 0.25) is 5.89 Å². The van der Waals surface area contributed by atoms with E-state index in [2.05, 4.69) is 10.3 Å². The molecular formula is C11H18N2O2. The Labute approximate surface area is 90.0 Å². The van der Waals surface area contributed by atoms with Crippen molar-refractivity contribution in [2.24, 2.45) is 5.92 Å². The molecule has 0 aromatic carbocycles. The Balaban J connectivity index is 1.65. The molecule has 1 saturated heterocycles. The molecule has 0 saturated carbocycles. The fourth-order valence-corrected chi connectivity index (χ4v) is 1.83. The predicted molar refractivity (Wildman–Crippen MR) is 56.5 cm³/mol. The van der Waals surface area contributed by atoms with E-state index >= 15 is 0 Å². The molecule has 1 aliphatic rings. The van der Waals surface area contributed by atoms with Gasteiger partial charge in [-0.3, -0.25) is 0 Å². The van der Waals surface area contributed by atoms with Crippen LogP contribution in [0.1, 0.15) is 24.5 Å². The first-order valence-corrected chi connectivity index (χ1v) is 5.54. The van der Waals surface area contributed by atoms with E-state index in [1.54, 1.807) is 6.20 Å². The highest BCUT2D eigenvalue weighted by atomic mass is 16.5. The Morgan fingerprint density at radius 2 is 2.53 bits per heavy atom. The van der Waals surface area contributed by atoms with Gasteiger partial charge in [0.1, 0.15) is 5.76 Å². The topological polar surface area (TPSA) is 47.3 Å². The van der Waals surface area contributed by atoms with Crippen LogP contribution in [0.5, 0.6) is 0 Å². The fraction of sp³-hybridized carbons (Fsp3) is 0.727. The summed E-state index contributed by atoms with van der Waals surface area (Å²) < 4.78 is 10.8. The molecule has 0 radical (unpaired) electrons. The van der Waals surface area contributed by atoms with Crippen LogP contribution >= 0.6 is 0 Å². The quantitative estimate of drug-likeness (QED) is 0.818. The average Bonchev–Trinajstić information content (AvgIpc) is 2.66. The van der Waals surface area contributed by atoms with Crippen molar-refractivity contribution >= 4 is 0 Å². The zero-order valence-electron chi connectivity index (χ0n) is 9.16. The molecule has 0 amide bonds. The van der Waals surface area contributed by atoms with Gasteiger partial charge >= 0.3 is 0 Å². The van der Waals surface area contributed by atoms with Gasteiger partial charge in [-0.25, -0.2) is 4.98 Å². The number of aryl methyl sites for hydroxylation is 1. The molecule has 1 aromatic heterocycles. The van der Waals surface area contributed by atoms with Gasteiger partial charge in [0.25, 0.3) is 0 Å². The standard InChI is InChI=1S/C11H18N2O2/c1-9-5-13-11(15-9)7-12-6-10-3-2-4-14-8-10/h5,10,12H,2-4,6-8H2,1H3. The Morgan fingerprint density at radius 1 is 1.60 bits per heavy atom. The van der Waals surface area contributed by atoms with Crippen molar-refractivity contribution in [2.45, 2.75) is 26.3 Å². The fourth-order valence-electron chi connectivity index (χ4n) is 1.83. The Kier molecular flexibility index (Phi) is 3.75. The minimum atomic E-state index is 0.648. The second-order valence-electron chi connectivity index (χ2n) is 4.08. The third kappa shape index (κ3) is 3.32. The van der Waals surface area contributed by atoms with Gasteiger partial charge in [-0.1, -0.05) is 0 Å². The normalized spacial score (nSPS) is 21.8. The summed E-state index contributed by atoms with van der Waals surface area (Å²) in [5.74, 6) is 2.28. The van der Waals surface area contributed by atoms with Crippen molar-refractivity contribution in [3.8, 4) is 0 Å². The van der Waals surface area contributed by atoms with Crippen molar-refractivity contribution in [3.63, 3.8) is 0 Å². The number of rotatable bonds is 4. The summed E-state index contributed by atoms with van der Waals surface area (Å²) in [7, 11) is 0. The molecule has 2 heterocycles. The molecule has 1 aromatic rings. The third-order valence-corrected chi connectivity index (χ3v) is 2.63. The molecule has 0 aliphatic carbocycles. The lowest BCUT2D eigenvalue weighted by atomic mass is 10.0. The second kappa shape index (κ2) is 5.28. The lowest BCUT2D eigenvalue weighted by molar-refractivity contribution is 0.0545. The van der Waals surface area contributed by atoms with Crippen LogP contribution in [0.15, 0.2) is 10.6 Å². The maximum atomic E-state index is 5.41. The van der Waals surface area contributed by atoms with E-state index in [9.17, 15) is 0 Å². The lowest BCUT2D eigenvalue weighted by Gasteiger charge is -2.21. The van der Waals surface area contributed by atoms with Crippen molar-refractivity contribution in [1.82, 2.24) is 10.3 Å². The number of hydrogen-bond donors (Lipinski definition) is 1. The molecule has 2 rings (SSSR count). The molecule has 1 fully saturated rings. The summed E-state index contributed by atoms with van der Waals surface area (Å²) in [5, 5.41) is 3.35. The number of nitrogens with zero attached hydrogens (tertiary/aromatic N) is 1. The summed E-state index contributed by atoms with van der Waals surface area (Å²) >= 11 is 0. The van der Waals surface area contributed by atoms with Crippen LogP contribution in [0.25, 0.3) is 0 Å². The molecular weight excluding hydrogens is 192 g/mol. The van der Waals surface area contributed by atoms with Gasteiger partial charge in [0.15, 0.2) is 0 Å². The van der Waals surface area contributed by atoms with Crippen LogP contribution in [-0.4, -0.2) is 24.7 Å². The maximum Gasteiger partial charge on any atom is 0.208 e. The zero-order valence-corrected chi connectivity index (χ0v) is 9.16. The first-order valence-electron chi connectivity index (χ1n) is 5.54. The van der Waals surface area contributed by atoms with Crippen LogP contribution in [0.4, 0.5) is 0 Å². The van der Waals surface area contributed by atoms with Crippen molar-refractivity contribution in [1.29, 1.82) is 0 Å². The zero-order chi connectivity index (χ0) is 10.5. The van der Waals surface area contributed by atoms with Crippen molar-refractivity contribution in [2.75, 3.05) is 19.8 Å². The van der Waals surface area contributed by atoms with Crippen molar-refractivity contribution in [3.05, 3.63) is 17.8 Å². The molecule has 0 spiro atoms. The average molecular weight is 210 g/mol. The lowest BCUT2D eigenvalue weighted by Crippen LogP contribution is -2.28. The van der Waals surface area contributed by atoms with E-state index in [0.29, 0.717) is 12.5 Å². The molecule has 15 heavy (non-hydrogen) atoms. The number of ether oxygens (including phenoxy) is 1. The minimum Gasteiger partial charge on any atom is -0.445 e. The molecule has 84 valence electrons. The van der Waals surface area contributed by atoms with Gasteiger partial charge in [-0.15, -0.1) is 0 Å². The predicted octanol–water partition coefficient (Wildman–Crippen LogP) is 1.50. The number of nitrogens with one attached hydrogen (secondary N) is 1. The first kappa shape index (κ1) is 10.6. The molecule has 1 N–H and O–H groups in total. The largest absolute Gasteiger partial charge is 0.445 e. The van der Waals surface area contributed by atoms with Crippen molar-refractivity contribution < 1.29 is 9.15 Å². The highest BCUT2D eigenvalue weighted by Gasteiger charge is 2.13. The van der Waals surface area contributed by atoms with Gasteiger partial charge in [0, 0.05) is 13.2 Å². The van der Waals surface area contributed by atoms with E-state index in [1.807, 2.05) is 6.92 Å². The van der Waals surface area contributed by atoms with E-state index in [4.69, 9.17) is 9.15 Å². The van der Waals surface area contributed by atoms with Crippen LogP contribution in [0.2, 0.25) is 0 Å². The number of oxazole rings is 1. The van der Waals surface area contributed by atoms with E-state index in [0.717, 1.165) is 31.4 Å². The summed E-state index contributed by atoms with van der Waals surface area (Å²) in [6.07, 6.45) is 4.20. The van der Waals surface area contributed by atoms with Gasteiger partial charge in [-0.05, 0) is 25.7 Å². The van der Waals surface area contributed by atoms with Crippen LogP contribution in [0, 0.1) is 12.8 Å². The second-order valence-corrected chi connectivity index (χ2v) is 4.08. The van der Waals surface area contributed by atoms with E-state index < -0.39 is 0 Å². The summed E-state index contributed by atoms with van der Waals surface area (Å²) in [6, 6.07) is 0. The Bertz CT molecular complexity index is 293. The summed E-state index contributed by atoms with van der Waals surface area (Å²) in [4.78, 5) is 4.14. The van der Waals surface area contributed by atoms with E-state index in [1.165, 1.54) is 12.8 Å². The minimum absolute atomic E-state index is 0.648. The van der Waals surface area contributed by atoms with Gasteiger partial charge < -0.3 is 14.5 Å². The number of hydrogen-bond acceptors (Lipinski definition) is 4.